The van der Waals surface area contributed by atoms with Crippen molar-refractivity contribution in [2.24, 2.45) is 0 Å². The molecule has 0 atom stereocenters. The molecule has 7 rings (SSSR count). The van der Waals surface area contributed by atoms with Crippen molar-refractivity contribution in [2.75, 3.05) is 49.6 Å². The molecule has 4 aromatic heterocycles. The zero-order valence-electron chi connectivity index (χ0n) is 26.8. The number of aromatic nitrogens is 6. The number of rotatable bonds is 7. The van der Waals surface area contributed by atoms with Gasteiger partial charge in [-0.1, -0.05) is 24.6 Å². The average Bonchev–Trinajstić information content (AvgIpc) is 3.78. The van der Waals surface area contributed by atoms with Gasteiger partial charge in [0, 0.05) is 37.8 Å². The molecule has 0 radical (unpaired) electrons. The van der Waals surface area contributed by atoms with Gasteiger partial charge in [-0.15, -0.1) is 5.10 Å². The number of ether oxygens (including phenoxy) is 1. The third-order valence-corrected chi connectivity index (χ3v) is 9.14. The molecule has 0 unspecified atom stereocenters. The van der Waals surface area contributed by atoms with Crippen molar-refractivity contribution in [3.63, 3.8) is 0 Å². The number of nitrogens with zero attached hydrogens (tertiary/aromatic N) is 7. The molecular formula is C33H31ClF3N9O4. The zero-order chi connectivity index (χ0) is 35.2. The second-order valence-corrected chi connectivity index (χ2v) is 12.3. The van der Waals surface area contributed by atoms with E-state index in [0.29, 0.717) is 75.1 Å². The normalized spacial score (nSPS) is 15.5. The van der Waals surface area contributed by atoms with E-state index in [-0.39, 0.29) is 28.9 Å². The average molecular weight is 710 g/mol. The number of fused-ring (bicyclic) bond motifs is 2. The van der Waals surface area contributed by atoms with Gasteiger partial charge in [0.1, 0.15) is 17.9 Å². The molecule has 1 fully saturated rings. The van der Waals surface area contributed by atoms with Crippen LogP contribution in [0.2, 0.25) is 5.02 Å². The predicted molar refractivity (Wildman–Crippen MR) is 179 cm³/mol. The summed E-state index contributed by atoms with van der Waals surface area (Å²) in [4.78, 5) is 56.7. The summed E-state index contributed by atoms with van der Waals surface area (Å²) in [5.74, 6) is -0.367. The number of alkyl halides is 3. The van der Waals surface area contributed by atoms with Crippen molar-refractivity contribution in [1.29, 1.82) is 0 Å². The summed E-state index contributed by atoms with van der Waals surface area (Å²) in [6, 6.07) is 6.28. The van der Waals surface area contributed by atoms with Crippen LogP contribution in [-0.4, -0.2) is 85.2 Å². The molecule has 2 amide bonds. The highest BCUT2D eigenvalue weighted by atomic mass is 35.5. The van der Waals surface area contributed by atoms with Crippen LogP contribution in [0.5, 0.6) is 0 Å². The molecule has 260 valence electrons. The second kappa shape index (κ2) is 13.2. The molecule has 0 bridgehead atoms. The van der Waals surface area contributed by atoms with Crippen LogP contribution in [0.25, 0.3) is 22.3 Å². The van der Waals surface area contributed by atoms with E-state index in [1.165, 1.54) is 4.52 Å². The number of anilines is 2. The standard InChI is InChI=1S/C33H31ClF3N9O4/c1-2-26-28(43-9-11-44(12-10-43)30(48)24-15-20-5-8-38-25(20)17-39-24)31(49)46-32(41-29(42-46)19-6-13-50-14-7-19)45(26)18-27(47)40-23-4-3-21(16-22(23)34)33(35,36)37/h3-6,8,15-17,38H,2,7,9-14,18H2,1H3,(H,40,47). The molecule has 1 saturated heterocycles. The number of amides is 2. The highest BCUT2D eigenvalue weighted by molar-refractivity contribution is 6.33. The van der Waals surface area contributed by atoms with Crippen molar-refractivity contribution in [3.8, 4) is 0 Å². The van der Waals surface area contributed by atoms with Crippen LogP contribution in [0.4, 0.5) is 24.5 Å². The van der Waals surface area contributed by atoms with E-state index in [1.807, 2.05) is 24.0 Å². The number of hydrogen-bond acceptors (Lipinski definition) is 8. The Bertz CT molecular complexity index is 2220. The van der Waals surface area contributed by atoms with Crippen LogP contribution in [0.1, 0.15) is 40.9 Å². The summed E-state index contributed by atoms with van der Waals surface area (Å²) in [6.07, 6.45) is 1.50. The van der Waals surface area contributed by atoms with Crippen LogP contribution in [0.15, 0.2) is 53.6 Å². The van der Waals surface area contributed by atoms with Crippen LogP contribution in [-0.2, 0) is 28.7 Å². The van der Waals surface area contributed by atoms with Gasteiger partial charge in [-0.2, -0.15) is 22.7 Å². The molecular weight excluding hydrogens is 679 g/mol. The maximum atomic E-state index is 14.2. The summed E-state index contributed by atoms with van der Waals surface area (Å²) in [5, 5.41) is 7.74. The molecule has 5 aromatic rings. The lowest BCUT2D eigenvalue weighted by Crippen LogP contribution is -2.51. The third kappa shape index (κ3) is 6.31. The van der Waals surface area contributed by atoms with Gasteiger partial charge >= 0.3 is 6.18 Å². The number of hydrogen-bond donors (Lipinski definition) is 2. The molecule has 0 spiro atoms. The lowest BCUT2D eigenvalue weighted by Gasteiger charge is -2.36. The van der Waals surface area contributed by atoms with Crippen LogP contribution in [0, 0.1) is 0 Å². The first kappa shape index (κ1) is 33.3. The van der Waals surface area contributed by atoms with Gasteiger partial charge in [0.05, 0.1) is 46.9 Å². The Morgan fingerprint density at radius 3 is 2.62 bits per heavy atom. The highest BCUT2D eigenvalue weighted by Crippen LogP contribution is 2.34. The number of aromatic amines is 1. The number of halogens is 4. The Labute approximate surface area is 287 Å². The Kier molecular flexibility index (Phi) is 8.82. The van der Waals surface area contributed by atoms with E-state index >= 15 is 0 Å². The zero-order valence-corrected chi connectivity index (χ0v) is 27.5. The van der Waals surface area contributed by atoms with E-state index in [9.17, 15) is 27.6 Å². The van der Waals surface area contributed by atoms with Gasteiger partial charge in [-0.05, 0) is 48.7 Å². The van der Waals surface area contributed by atoms with Crippen molar-refractivity contribution in [3.05, 3.63) is 87.0 Å². The van der Waals surface area contributed by atoms with E-state index in [2.05, 4.69) is 25.4 Å². The first-order valence-electron chi connectivity index (χ1n) is 16.0. The Balaban J connectivity index is 1.21. The smallest absolute Gasteiger partial charge is 0.377 e. The molecule has 2 N–H and O–H groups in total. The van der Waals surface area contributed by atoms with E-state index in [4.69, 9.17) is 16.3 Å². The minimum atomic E-state index is -4.60. The maximum absolute atomic E-state index is 14.2. The van der Waals surface area contributed by atoms with E-state index in [0.717, 1.165) is 34.7 Å². The molecule has 0 saturated carbocycles. The van der Waals surface area contributed by atoms with Gasteiger partial charge < -0.3 is 29.4 Å². The van der Waals surface area contributed by atoms with Crippen molar-refractivity contribution >= 4 is 57.0 Å². The first-order valence-corrected chi connectivity index (χ1v) is 16.3. The number of carbonyl (C=O) groups excluding carboxylic acids is 2. The SMILES string of the molecule is CCc1c(N2CCN(C(=O)c3cc4cc[nH]c4cn3)CC2)c(=O)n2nc(C3=CCOCC3)nc2n1CC(=O)Nc1ccc(C(F)(F)F)cc1Cl. The maximum Gasteiger partial charge on any atom is 0.416 e. The predicted octanol–water partition coefficient (Wildman–Crippen LogP) is 4.41. The van der Waals surface area contributed by atoms with Crippen molar-refractivity contribution in [2.45, 2.75) is 32.5 Å². The Hall–Kier alpha value is -5.22. The summed E-state index contributed by atoms with van der Waals surface area (Å²) in [7, 11) is 0. The topological polar surface area (TPSA) is 143 Å². The summed E-state index contributed by atoms with van der Waals surface area (Å²) in [6.45, 7) is 3.61. The Morgan fingerprint density at radius 2 is 1.92 bits per heavy atom. The number of carbonyl (C=O) groups is 2. The van der Waals surface area contributed by atoms with Crippen LogP contribution in [0.3, 0.4) is 0 Å². The number of nitrogens with one attached hydrogen (secondary N) is 2. The highest BCUT2D eigenvalue weighted by Gasteiger charge is 2.32. The third-order valence-electron chi connectivity index (χ3n) is 8.82. The van der Waals surface area contributed by atoms with Gasteiger partial charge in [0.15, 0.2) is 5.82 Å². The van der Waals surface area contributed by atoms with Crippen LogP contribution >= 0.6 is 11.6 Å². The largest absolute Gasteiger partial charge is 0.416 e. The van der Waals surface area contributed by atoms with Crippen molar-refractivity contribution < 1.29 is 27.5 Å². The molecule has 50 heavy (non-hydrogen) atoms. The quantitative estimate of drug-likeness (QED) is 0.253. The number of benzene rings is 1. The van der Waals surface area contributed by atoms with E-state index in [1.54, 1.807) is 27.9 Å². The molecule has 0 aliphatic carbocycles. The lowest BCUT2D eigenvalue weighted by molar-refractivity contribution is -0.137. The minimum absolute atomic E-state index is 0.000422. The summed E-state index contributed by atoms with van der Waals surface area (Å²) < 4.78 is 47.8. The number of H-pyrrole nitrogens is 1. The molecule has 6 heterocycles. The molecule has 13 nitrogen and oxygen atoms in total. The molecule has 2 aliphatic rings. The van der Waals surface area contributed by atoms with Gasteiger partial charge in [0.25, 0.3) is 11.5 Å². The number of piperazine rings is 1. The molecule has 2 aliphatic heterocycles. The molecule has 17 heteroatoms. The lowest BCUT2D eigenvalue weighted by atomic mass is 10.1. The monoisotopic (exact) mass is 709 g/mol. The van der Waals surface area contributed by atoms with Crippen LogP contribution < -0.4 is 15.8 Å². The fourth-order valence-electron chi connectivity index (χ4n) is 6.28. The van der Waals surface area contributed by atoms with E-state index < -0.39 is 23.2 Å². The Morgan fingerprint density at radius 1 is 1.12 bits per heavy atom. The van der Waals surface area contributed by atoms with Gasteiger partial charge in [0.2, 0.25) is 11.7 Å². The summed E-state index contributed by atoms with van der Waals surface area (Å²) >= 11 is 6.12. The second-order valence-electron chi connectivity index (χ2n) is 11.9. The minimum Gasteiger partial charge on any atom is -0.377 e. The van der Waals surface area contributed by atoms with Gasteiger partial charge in [-0.25, -0.2) is 4.98 Å². The summed E-state index contributed by atoms with van der Waals surface area (Å²) in [5.41, 5.74) is 1.40. The number of pyridine rings is 1. The van der Waals surface area contributed by atoms with Gasteiger partial charge in [-0.3, -0.25) is 14.4 Å². The fourth-order valence-corrected chi connectivity index (χ4v) is 6.51. The molecule has 1 aromatic carbocycles. The first-order chi connectivity index (χ1) is 24.0. The van der Waals surface area contributed by atoms with Crippen molar-refractivity contribution in [1.82, 2.24) is 34.0 Å². The fraction of sp³-hybridized carbons (Fsp3) is 0.333.